The van der Waals surface area contributed by atoms with Gasteiger partial charge in [0.05, 0.1) is 4.47 Å². The monoisotopic (exact) mass is 350 g/mol. The van der Waals surface area contributed by atoms with Gasteiger partial charge >= 0.3 is 0 Å². The average molecular weight is 351 g/mol. The largest absolute Gasteiger partial charge is 0.310 e. The fourth-order valence-electron chi connectivity index (χ4n) is 1.95. The standard InChI is InChI=1S/C16H19BrN2S/c1-3-10-18-12(2)13-7-4-5-9-15(13)20-16-14(17)8-6-11-19-16/h4-9,11-12,18H,3,10H2,1-2H3. The number of aromatic nitrogens is 1. The van der Waals surface area contributed by atoms with Crippen LogP contribution in [0.4, 0.5) is 0 Å². The first kappa shape index (κ1) is 15.5. The van der Waals surface area contributed by atoms with Crippen LogP contribution in [-0.4, -0.2) is 11.5 Å². The van der Waals surface area contributed by atoms with E-state index < -0.39 is 0 Å². The van der Waals surface area contributed by atoms with Crippen molar-refractivity contribution in [3.8, 4) is 0 Å². The molecule has 1 atom stereocenters. The van der Waals surface area contributed by atoms with E-state index in [0.29, 0.717) is 6.04 Å². The summed E-state index contributed by atoms with van der Waals surface area (Å²) in [6, 6.07) is 12.8. The first-order valence-corrected chi connectivity index (χ1v) is 8.44. The Kier molecular flexibility index (Phi) is 6.07. The van der Waals surface area contributed by atoms with Crippen LogP contribution in [0.1, 0.15) is 31.9 Å². The third kappa shape index (κ3) is 4.08. The lowest BCUT2D eigenvalue weighted by atomic mass is 10.1. The Labute approximate surface area is 133 Å². The van der Waals surface area contributed by atoms with Crippen LogP contribution in [0.3, 0.4) is 0 Å². The molecule has 2 nitrogen and oxygen atoms in total. The van der Waals surface area contributed by atoms with E-state index in [1.807, 2.05) is 18.3 Å². The zero-order valence-corrected chi connectivity index (χ0v) is 14.2. The smallest absolute Gasteiger partial charge is 0.115 e. The predicted molar refractivity (Wildman–Crippen MR) is 89.2 cm³/mol. The molecule has 2 aromatic rings. The van der Waals surface area contributed by atoms with Crippen LogP contribution < -0.4 is 5.32 Å². The molecular formula is C16H19BrN2S. The number of nitrogens with zero attached hydrogens (tertiary/aromatic N) is 1. The second kappa shape index (κ2) is 7.81. The Morgan fingerprint density at radius 3 is 2.80 bits per heavy atom. The molecule has 0 fully saturated rings. The van der Waals surface area contributed by atoms with Gasteiger partial charge in [0.1, 0.15) is 5.03 Å². The molecule has 0 bridgehead atoms. The molecule has 1 aromatic carbocycles. The highest BCUT2D eigenvalue weighted by atomic mass is 79.9. The summed E-state index contributed by atoms with van der Waals surface area (Å²) in [6.45, 7) is 5.43. The zero-order chi connectivity index (χ0) is 14.4. The number of benzene rings is 1. The molecule has 0 amide bonds. The number of hydrogen-bond acceptors (Lipinski definition) is 3. The van der Waals surface area contributed by atoms with Crippen molar-refractivity contribution in [3.05, 3.63) is 52.6 Å². The van der Waals surface area contributed by atoms with Crippen LogP contribution in [0.25, 0.3) is 0 Å². The molecule has 0 aliphatic carbocycles. The fraction of sp³-hybridized carbons (Fsp3) is 0.312. The van der Waals surface area contributed by atoms with E-state index >= 15 is 0 Å². The van der Waals surface area contributed by atoms with E-state index in [-0.39, 0.29) is 0 Å². The number of hydrogen-bond donors (Lipinski definition) is 1. The van der Waals surface area contributed by atoms with Crippen LogP contribution >= 0.6 is 27.7 Å². The van der Waals surface area contributed by atoms with Crippen molar-refractivity contribution in [3.63, 3.8) is 0 Å². The predicted octanol–water partition coefficient (Wildman–Crippen LogP) is 5.06. The van der Waals surface area contributed by atoms with Gasteiger partial charge in [0.2, 0.25) is 0 Å². The summed E-state index contributed by atoms with van der Waals surface area (Å²) in [5.41, 5.74) is 1.32. The van der Waals surface area contributed by atoms with E-state index in [4.69, 9.17) is 0 Å². The summed E-state index contributed by atoms with van der Waals surface area (Å²) >= 11 is 5.26. The Hall–Kier alpha value is -0.840. The molecule has 0 aliphatic rings. The number of pyridine rings is 1. The highest BCUT2D eigenvalue weighted by Gasteiger charge is 2.12. The number of rotatable bonds is 6. The van der Waals surface area contributed by atoms with E-state index in [1.165, 1.54) is 10.5 Å². The lowest BCUT2D eigenvalue weighted by Crippen LogP contribution is -2.19. The Morgan fingerprint density at radius 1 is 1.25 bits per heavy atom. The normalized spacial score (nSPS) is 12.3. The van der Waals surface area contributed by atoms with Crippen LogP contribution in [0.2, 0.25) is 0 Å². The van der Waals surface area contributed by atoms with Crippen LogP contribution in [0.5, 0.6) is 0 Å². The third-order valence-corrected chi connectivity index (χ3v) is 5.03. The molecule has 0 saturated carbocycles. The fourth-order valence-corrected chi connectivity index (χ4v) is 3.45. The first-order valence-electron chi connectivity index (χ1n) is 6.83. The molecule has 1 aromatic heterocycles. The minimum Gasteiger partial charge on any atom is -0.310 e. The SMILES string of the molecule is CCCNC(C)c1ccccc1Sc1ncccc1Br. The van der Waals surface area contributed by atoms with E-state index in [9.17, 15) is 0 Å². The lowest BCUT2D eigenvalue weighted by Gasteiger charge is -2.17. The molecule has 0 radical (unpaired) electrons. The van der Waals surface area contributed by atoms with Crippen molar-refractivity contribution in [1.82, 2.24) is 10.3 Å². The number of nitrogens with one attached hydrogen (secondary N) is 1. The minimum absolute atomic E-state index is 0.348. The maximum Gasteiger partial charge on any atom is 0.115 e. The average Bonchev–Trinajstić information content (AvgIpc) is 2.48. The van der Waals surface area contributed by atoms with Gasteiger partial charge in [-0.05, 0) is 59.6 Å². The molecule has 106 valence electrons. The summed E-state index contributed by atoms with van der Waals surface area (Å²) < 4.78 is 1.04. The van der Waals surface area contributed by atoms with Crippen LogP contribution in [0.15, 0.2) is 57.0 Å². The summed E-state index contributed by atoms with van der Waals surface area (Å²) in [5, 5.41) is 4.55. The second-order valence-corrected chi connectivity index (χ2v) is 6.49. The van der Waals surface area contributed by atoms with Crippen molar-refractivity contribution >= 4 is 27.7 Å². The van der Waals surface area contributed by atoms with Gasteiger partial charge in [0.25, 0.3) is 0 Å². The summed E-state index contributed by atoms with van der Waals surface area (Å²) in [7, 11) is 0. The van der Waals surface area contributed by atoms with Crippen molar-refractivity contribution < 1.29 is 0 Å². The quantitative estimate of drug-likeness (QED) is 0.788. The molecular weight excluding hydrogens is 332 g/mol. The molecule has 4 heteroatoms. The third-order valence-electron chi connectivity index (χ3n) is 3.02. The first-order chi connectivity index (χ1) is 9.72. The summed E-state index contributed by atoms with van der Waals surface area (Å²) in [6.07, 6.45) is 2.97. The topological polar surface area (TPSA) is 24.9 Å². The van der Waals surface area contributed by atoms with Crippen molar-refractivity contribution in [2.24, 2.45) is 0 Å². The summed E-state index contributed by atoms with van der Waals surface area (Å²) in [5.74, 6) is 0. The molecule has 0 aliphatic heterocycles. The second-order valence-electron chi connectivity index (χ2n) is 4.61. The number of halogens is 1. The minimum atomic E-state index is 0.348. The lowest BCUT2D eigenvalue weighted by molar-refractivity contribution is 0.564. The molecule has 0 saturated heterocycles. The van der Waals surface area contributed by atoms with Crippen LogP contribution in [-0.2, 0) is 0 Å². The van der Waals surface area contributed by atoms with Crippen molar-refractivity contribution in [1.29, 1.82) is 0 Å². The molecule has 1 N–H and O–H groups in total. The van der Waals surface area contributed by atoms with E-state index in [2.05, 4.69) is 64.3 Å². The maximum absolute atomic E-state index is 4.43. The van der Waals surface area contributed by atoms with Gasteiger partial charge in [0, 0.05) is 17.1 Å². The van der Waals surface area contributed by atoms with Crippen LogP contribution in [0, 0.1) is 0 Å². The molecule has 20 heavy (non-hydrogen) atoms. The van der Waals surface area contributed by atoms with Gasteiger partial charge in [0.15, 0.2) is 0 Å². The van der Waals surface area contributed by atoms with Crippen molar-refractivity contribution in [2.75, 3.05) is 6.54 Å². The summed E-state index contributed by atoms with van der Waals surface area (Å²) in [4.78, 5) is 5.68. The molecule has 2 rings (SSSR count). The van der Waals surface area contributed by atoms with E-state index in [0.717, 1.165) is 22.5 Å². The highest BCUT2D eigenvalue weighted by molar-refractivity contribution is 9.10. The van der Waals surface area contributed by atoms with Gasteiger partial charge in [-0.25, -0.2) is 4.98 Å². The van der Waals surface area contributed by atoms with Gasteiger partial charge in [-0.1, -0.05) is 36.9 Å². The Bertz CT molecular complexity index is 560. The molecule has 1 unspecified atom stereocenters. The van der Waals surface area contributed by atoms with Gasteiger partial charge < -0.3 is 5.32 Å². The molecule has 0 spiro atoms. The van der Waals surface area contributed by atoms with E-state index in [1.54, 1.807) is 11.8 Å². The van der Waals surface area contributed by atoms with Crippen molar-refractivity contribution in [2.45, 2.75) is 36.2 Å². The molecule has 1 heterocycles. The van der Waals surface area contributed by atoms with Gasteiger partial charge in [-0.3, -0.25) is 0 Å². The maximum atomic E-state index is 4.43. The highest BCUT2D eigenvalue weighted by Crippen LogP contribution is 2.35. The zero-order valence-electron chi connectivity index (χ0n) is 11.8. The van der Waals surface area contributed by atoms with Gasteiger partial charge in [-0.2, -0.15) is 0 Å². The Balaban J connectivity index is 2.22. The van der Waals surface area contributed by atoms with Gasteiger partial charge in [-0.15, -0.1) is 0 Å². The Morgan fingerprint density at radius 2 is 2.05 bits per heavy atom.